The molecular weight excluding hydrogens is 312 g/mol. The van der Waals surface area contributed by atoms with Crippen molar-refractivity contribution in [3.05, 3.63) is 60.3 Å². The minimum Gasteiger partial charge on any atom is -0.324 e. The van der Waals surface area contributed by atoms with Crippen LogP contribution < -0.4 is 5.32 Å². The number of amides is 1. The zero-order valence-corrected chi connectivity index (χ0v) is 13.6. The maximum Gasteiger partial charge on any atom is 0.268 e. The molecule has 5 nitrogen and oxygen atoms in total. The minimum absolute atomic E-state index is 0.207. The monoisotopic (exact) mass is 328 g/mol. The van der Waals surface area contributed by atoms with Crippen LogP contribution in [0.1, 0.15) is 12.5 Å². The van der Waals surface area contributed by atoms with E-state index in [1.807, 2.05) is 6.92 Å². The van der Waals surface area contributed by atoms with E-state index in [0.29, 0.717) is 16.6 Å². The van der Waals surface area contributed by atoms with Gasteiger partial charge in [-0.25, -0.2) is 12.4 Å². The number of aryl methyl sites for hydroxylation is 1. The third-order valence-electron chi connectivity index (χ3n) is 3.57. The largest absolute Gasteiger partial charge is 0.324 e. The molecule has 0 bridgehead atoms. The third kappa shape index (κ3) is 2.73. The number of nitrogens with zero attached hydrogens (tertiary/aromatic N) is 1. The van der Waals surface area contributed by atoms with Crippen LogP contribution in [-0.2, 0) is 14.8 Å². The van der Waals surface area contributed by atoms with Crippen LogP contribution in [0.4, 0.5) is 5.69 Å². The Morgan fingerprint density at radius 1 is 1.04 bits per heavy atom. The predicted octanol–water partition coefficient (Wildman–Crippen LogP) is 3.15. The maximum absolute atomic E-state index is 12.9. The SMILES string of the molecule is CC(=O)Nc1cn(S(=O)(=O)c2ccc(C)cc2)c2ccccc12. The quantitative estimate of drug-likeness (QED) is 0.803. The van der Waals surface area contributed by atoms with Gasteiger partial charge >= 0.3 is 0 Å². The molecule has 0 unspecified atom stereocenters. The fraction of sp³-hybridized carbons (Fsp3) is 0.118. The number of hydrogen-bond acceptors (Lipinski definition) is 3. The lowest BCUT2D eigenvalue weighted by Crippen LogP contribution is -2.12. The Morgan fingerprint density at radius 3 is 2.35 bits per heavy atom. The average Bonchev–Trinajstić information content (AvgIpc) is 2.87. The standard InChI is InChI=1S/C17H16N2O3S/c1-12-7-9-14(10-8-12)23(21,22)19-11-16(18-13(2)20)15-5-3-4-6-17(15)19/h3-11H,1-2H3,(H,18,20). The molecule has 0 atom stereocenters. The van der Waals surface area contributed by atoms with Crippen molar-refractivity contribution < 1.29 is 13.2 Å². The molecular formula is C17H16N2O3S. The summed E-state index contributed by atoms with van der Waals surface area (Å²) in [5.74, 6) is -0.249. The Bertz CT molecular complexity index is 986. The van der Waals surface area contributed by atoms with Crippen molar-refractivity contribution in [3.63, 3.8) is 0 Å². The van der Waals surface area contributed by atoms with Crippen LogP contribution in [0, 0.1) is 6.92 Å². The number of carbonyl (C=O) groups is 1. The molecule has 0 aliphatic carbocycles. The number of rotatable bonds is 3. The molecule has 0 aliphatic rings. The number of carbonyl (C=O) groups excluding carboxylic acids is 1. The molecule has 3 aromatic rings. The molecule has 0 aliphatic heterocycles. The van der Waals surface area contributed by atoms with Crippen LogP contribution in [0.25, 0.3) is 10.9 Å². The maximum atomic E-state index is 12.9. The van der Waals surface area contributed by atoms with Gasteiger partial charge in [0.05, 0.1) is 16.1 Å². The van der Waals surface area contributed by atoms with Crippen LogP contribution in [0.5, 0.6) is 0 Å². The van der Waals surface area contributed by atoms with Crippen molar-refractivity contribution in [1.29, 1.82) is 0 Å². The molecule has 0 radical (unpaired) electrons. The van der Waals surface area contributed by atoms with Crippen molar-refractivity contribution in [2.45, 2.75) is 18.7 Å². The van der Waals surface area contributed by atoms with Crippen molar-refractivity contribution >= 4 is 32.5 Å². The number of para-hydroxylation sites is 1. The summed E-state index contributed by atoms with van der Waals surface area (Å²) in [6.07, 6.45) is 1.45. The van der Waals surface area contributed by atoms with E-state index >= 15 is 0 Å². The Kier molecular flexibility index (Phi) is 3.69. The van der Waals surface area contributed by atoms with E-state index in [1.165, 1.54) is 17.1 Å². The predicted molar refractivity (Wildman–Crippen MR) is 90.0 cm³/mol. The van der Waals surface area contributed by atoms with Gasteiger partial charge in [-0.15, -0.1) is 0 Å². The summed E-state index contributed by atoms with van der Waals surface area (Å²) in [7, 11) is -3.73. The zero-order chi connectivity index (χ0) is 16.6. The van der Waals surface area contributed by atoms with Gasteiger partial charge in [0.2, 0.25) is 5.91 Å². The fourth-order valence-electron chi connectivity index (χ4n) is 2.46. The summed E-state index contributed by atoms with van der Waals surface area (Å²) in [4.78, 5) is 11.6. The van der Waals surface area contributed by atoms with Crippen LogP contribution in [0.2, 0.25) is 0 Å². The summed E-state index contributed by atoms with van der Waals surface area (Å²) >= 11 is 0. The van der Waals surface area contributed by atoms with E-state index in [1.54, 1.807) is 48.5 Å². The summed E-state index contributed by atoms with van der Waals surface area (Å²) in [5, 5.41) is 3.36. The highest BCUT2D eigenvalue weighted by molar-refractivity contribution is 7.90. The molecule has 1 aromatic heterocycles. The number of benzene rings is 2. The van der Waals surface area contributed by atoms with E-state index in [0.717, 1.165) is 5.56 Å². The van der Waals surface area contributed by atoms with Gasteiger partial charge in [0.25, 0.3) is 10.0 Å². The molecule has 1 amide bonds. The molecule has 1 heterocycles. The third-order valence-corrected chi connectivity index (χ3v) is 5.25. The lowest BCUT2D eigenvalue weighted by atomic mass is 10.2. The smallest absolute Gasteiger partial charge is 0.268 e. The molecule has 23 heavy (non-hydrogen) atoms. The molecule has 0 saturated heterocycles. The normalized spacial score (nSPS) is 11.6. The van der Waals surface area contributed by atoms with Crippen LogP contribution >= 0.6 is 0 Å². The van der Waals surface area contributed by atoms with Crippen LogP contribution in [0.15, 0.2) is 59.6 Å². The highest BCUT2D eigenvalue weighted by Crippen LogP contribution is 2.29. The lowest BCUT2D eigenvalue weighted by molar-refractivity contribution is -0.114. The minimum atomic E-state index is -3.73. The summed E-state index contributed by atoms with van der Waals surface area (Å²) in [5.41, 5.74) is 1.99. The molecule has 1 N–H and O–H groups in total. The molecule has 0 saturated carbocycles. The summed E-state index contributed by atoms with van der Waals surface area (Å²) < 4.78 is 27.0. The molecule has 2 aromatic carbocycles. The van der Waals surface area contributed by atoms with Crippen LogP contribution in [-0.4, -0.2) is 18.3 Å². The first-order valence-electron chi connectivity index (χ1n) is 7.09. The van der Waals surface area contributed by atoms with Gasteiger partial charge in [0.15, 0.2) is 0 Å². The summed E-state index contributed by atoms with van der Waals surface area (Å²) in [6, 6.07) is 13.7. The molecule has 6 heteroatoms. The number of anilines is 1. The van der Waals surface area contributed by atoms with Gasteiger partial charge < -0.3 is 5.32 Å². The van der Waals surface area contributed by atoms with E-state index < -0.39 is 10.0 Å². The second-order valence-corrected chi connectivity index (χ2v) is 7.17. The first-order chi connectivity index (χ1) is 10.9. The Labute approximate surface area is 134 Å². The van der Waals surface area contributed by atoms with E-state index in [2.05, 4.69) is 5.32 Å². The molecule has 0 fully saturated rings. The number of fused-ring (bicyclic) bond motifs is 1. The number of hydrogen-bond donors (Lipinski definition) is 1. The lowest BCUT2D eigenvalue weighted by Gasteiger charge is -2.07. The topological polar surface area (TPSA) is 68.2 Å². The van der Waals surface area contributed by atoms with Gasteiger partial charge in [-0.05, 0) is 25.1 Å². The van der Waals surface area contributed by atoms with Crippen molar-refractivity contribution in [3.8, 4) is 0 Å². The zero-order valence-electron chi connectivity index (χ0n) is 12.8. The molecule has 118 valence electrons. The number of nitrogens with one attached hydrogen (secondary N) is 1. The Morgan fingerprint density at radius 2 is 1.70 bits per heavy atom. The van der Waals surface area contributed by atoms with Crippen molar-refractivity contribution in [2.75, 3.05) is 5.32 Å². The highest BCUT2D eigenvalue weighted by atomic mass is 32.2. The fourth-order valence-corrected chi connectivity index (χ4v) is 3.83. The Balaban J connectivity index is 2.23. The second-order valence-electron chi connectivity index (χ2n) is 5.36. The second kappa shape index (κ2) is 5.55. The number of aromatic nitrogens is 1. The molecule has 0 spiro atoms. The first-order valence-corrected chi connectivity index (χ1v) is 8.53. The van der Waals surface area contributed by atoms with E-state index in [4.69, 9.17) is 0 Å². The van der Waals surface area contributed by atoms with Gasteiger partial charge in [-0.3, -0.25) is 4.79 Å². The average molecular weight is 328 g/mol. The Hall–Kier alpha value is -2.60. The first kappa shape index (κ1) is 15.3. The van der Waals surface area contributed by atoms with Gasteiger partial charge in [-0.2, -0.15) is 0 Å². The van der Waals surface area contributed by atoms with E-state index in [9.17, 15) is 13.2 Å². The van der Waals surface area contributed by atoms with Crippen molar-refractivity contribution in [2.24, 2.45) is 0 Å². The van der Waals surface area contributed by atoms with Crippen LogP contribution in [0.3, 0.4) is 0 Å². The highest BCUT2D eigenvalue weighted by Gasteiger charge is 2.21. The van der Waals surface area contributed by atoms with Gasteiger partial charge in [-0.1, -0.05) is 35.9 Å². The van der Waals surface area contributed by atoms with Crippen molar-refractivity contribution in [1.82, 2.24) is 3.97 Å². The van der Waals surface area contributed by atoms with Gasteiger partial charge in [0, 0.05) is 18.5 Å². The van der Waals surface area contributed by atoms with Gasteiger partial charge in [0.1, 0.15) is 0 Å². The van der Waals surface area contributed by atoms with E-state index in [-0.39, 0.29) is 10.8 Å². The summed E-state index contributed by atoms with van der Waals surface area (Å²) in [6.45, 7) is 3.29. The molecule has 3 rings (SSSR count).